The lowest BCUT2D eigenvalue weighted by Crippen LogP contribution is -2.46. The summed E-state index contributed by atoms with van der Waals surface area (Å²) in [5.41, 5.74) is 3.33. The number of benzene rings is 1. The molecule has 6 nitrogen and oxygen atoms in total. The van der Waals surface area contributed by atoms with Crippen LogP contribution in [0.25, 0.3) is 0 Å². The topological polar surface area (TPSA) is 70.2 Å². The fraction of sp³-hybridized carbons (Fsp3) is 0.444. The van der Waals surface area contributed by atoms with Gasteiger partial charge in [-0.15, -0.1) is 0 Å². The third kappa shape index (κ3) is 3.88. The maximum atomic E-state index is 12.2. The molecule has 2 amide bonds. The minimum Gasteiger partial charge on any atom is -0.490 e. The SMILES string of the molecule is Cc1cccc(OC2CCN(C(=O)NCc3ccn[nH]3)CC2)c1C. The predicted molar refractivity (Wildman–Crippen MR) is 92.0 cm³/mol. The molecule has 1 saturated heterocycles. The van der Waals surface area contributed by atoms with Crippen molar-refractivity contribution in [3.8, 4) is 5.75 Å². The Hall–Kier alpha value is -2.50. The molecule has 0 bridgehead atoms. The number of hydrogen-bond acceptors (Lipinski definition) is 3. The third-order valence-corrected chi connectivity index (χ3v) is 4.57. The lowest BCUT2D eigenvalue weighted by Gasteiger charge is -2.32. The van der Waals surface area contributed by atoms with Crippen LogP contribution >= 0.6 is 0 Å². The molecule has 24 heavy (non-hydrogen) atoms. The van der Waals surface area contributed by atoms with Crippen LogP contribution in [0, 0.1) is 13.8 Å². The summed E-state index contributed by atoms with van der Waals surface area (Å²) in [6.07, 6.45) is 3.55. The molecule has 6 heteroatoms. The lowest BCUT2D eigenvalue weighted by molar-refractivity contribution is 0.110. The smallest absolute Gasteiger partial charge is 0.317 e. The summed E-state index contributed by atoms with van der Waals surface area (Å²) in [6, 6.07) is 7.95. The van der Waals surface area contributed by atoms with Gasteiger partial charge in [0.05, 0.1) is 12.2 Å². The van der Waals surface area contributed by atoms with Crippen LogP contribution in [-0.4, -0.2) is 40.3 Å². The van der Waals surface area contributed by atoms with Gasteiger partial charge in [-0.25, -0.2) is 4.79 Å². The van der Waals surface area contributed by atoms with E-state index in [2.05, 4.69) is 35.4 Å². The van der Waals surface area contributed by atoms with Crippen LogP contribution in [0.3, 0.4) is 0 Å². The number of carbonyl (C=O) groups is 1. The van der Waals surface area contributed by atoms with E-state index in [0.29, 0.717) is 19.6 Å². The molecule has 0 unspecified atom stereocenters. The van der Waals surface area contributed by atoms with Crippen molar-refractivity contribution >= 4 is 6.03 Å². The van der Waals surface area contributed by atoms with Crippen molar-refractivity contribution < 1.29 is 9.53 Å². The maximum Gasteiger partial charge on any atom is 0.317 e. The Balaban J connectivity index is 1.46. The van der Waals surface area contributed by atoms with Gasteiger partial charge in [0.2, 0.25) is 0 Å². The van der Waals surface area contributed by atoms with E-state index in [1.165, 1.54) is 11.1 Å². The number of ether oxygens (including phenoxy) is 1. The van der Waals surface area contributed by atoms with Gasteiger partial charge in [0.1, 0.15) is 11.9 Å². The summed E-state index contributed by atoms with van der Waals surface area (Å²) in [7, 11) is 0. The number of likely N-dealkylation sites (tertiary alicyclic amines) is 1. The Kier molecular flexibility index (Phi) is 5.03. The molecule has 1 aliphatic rings. The van der Waals surface area contributed by atoms with Crippen molar-refractivity contribution in [2.24, 2.45) is 0 Å². The molecule has 0 radical (unpaired) electrons. The first-order valence-electron chi connectivity index (χ1n) is 8.37. The zero-order valence-electron chi connectivity index (χ0n) is 14.2. The first-order valence-corrected chi connectivity index (χ1v) is 8.37. The molecule has 2 aromatic rings. The lowest BCUT2D eigenvalue weighted by atomic mass is 10.1. The van der Waals surface area contributed by atoms with Crippen LogP contribution in [0.2, 0.25) is 0 Å². The molecular weight excluding hydrogens is 304 g/mol. The van der Waals surface area contributed by atoms with Crippen molar-refractivity contribution in [2.45, 2.75) is 39.3 Å². The van der Waals surface area contributed by atoms with E-state index in [-0.39, 0.29) is 12.1 Å². The largest absolute Gasteiger partial charge is 0.490 e. The van der Waals surface area contributed by atoms with Crippen LogP contribution in [0.1, 0.15) is 29.7 Å². The van der Waals surface area contributed by atoms with Gasteiger partial charge in [0.15, 0.2) is 0 Å². The summed E-state index contributed by atoms with van der Waals surface area (Å²) >= 11 is 0. The molecule has 0 spiro atoms. The van der Waals surface area contributed by atoms with Crippen molar-refractivity contribution in [3.05, 3.63) is 47.3 Å². The summed E-state index contributed by atoms with van der Waals surface area (Å²) in [5, 5.41) is 9.62. The molecule has 0 saturated carbocycles. The summed E-state index contributed by atoms with van der Waals surface area (Å²) in [5.74, 6) is 0.956. The minimum atomic E-state index is -0.0326. The van der Waals surface area contributed by atoms with Crippen molar-refractivity contribution in [3.63, 3.8) is 0 Å². The second kappa shape index (κ2) is 7.38. The van der Waals surface area contributed by atoms with Gasteiger partial charge in [0.25, 0.3) is 0 Å². The molecule has 1 aromatic heterocycles. The van der Waals surface area contributed by atoms with E-state index in [1.54, 1.807) is 6.20 Å². The molecule has 2 heterocycles. The second-order valence-electron chi connectivity index (χ2n) is 6.24. The zero-order valence-corrected chi connectivity index (χ0v) is 14.2. The van der Waals surface area contributed by atoms with Crippen molar-refractivity contribution in [1.82, 2.24) is 20.4 Å². The number of nitrogens with one attached hydrogen (secondary N) is 2. The van der Waals surface area contributed by atoms with Crippen molar-refractivity contribution in [2.75, 3.05) is 13.1 Å². The number of nitrogens with zero attached hydrogens (tertiary/aromatic N) is 2. The Morgan fingerprint density at radius 2 is 2.12 bits per heavy atom. The number of aromatic nitrogens is 2. The molecule has 3 rings (SSSR count). The van der Waals surface area contributed by atoms with Gasteiger partial charge in [-0.1, -0.05) is 12.1 Å². The standard InChI is InChI=1S/C18H24N4O2/c1-13-4-3-5-17(14(13)2)24-16-7-10-22(11-8-16)18(23)19-12-15-6-9-20-21-15/h3-6,9,16H,7-8,10-12H2,1-2H3,(H,19,23)(H,20,21). The Labute approximate surface area is 142 Å². The summed E-state index contributed by atoms with van der Waals surface area (Å²) in [4.78, 5) is 14.0. The van der Waals surface area contributed by atoms with Gasteiger partial charge in [-0.05, 0) is 37.1 Å². The van der Waals surface area contributed by atoms with Crippen LogP contribution in [0.4, 0.5) is 4.79 Å². The highest BCUT2D eigenvalue weighted by Gasteiger charge is 2.24. The number of rotatable bonds is 4. The summed E-state index contributed by atoms with van der Waals surface area (Å²) < 4.78 is 6.14. The Morgan fingerprint density at radius 1 is 1.33 bits per heavy atom. The van der Waals surface area contributed by atoms with E-state index >= 15 is 0 Å². The Bertz CT molecular complexity index is 676. The highest BCUT2D eigenvalue weighted by atomic mass is 16.5. The monoisotopic (exact) mass is 328 g/mol. The van der Waals surface area contributed by atoms with Crippen LogP contribution in [0.5, 0.6) is 5.75 Å². The fourth-order valence-electron chi connectivity index (χ4n) is 2.87. The maximum absolute atomic E-state index is 12.2. The number of carbonyl (C=O) groups excluding carboxylic acids is 1. The third-order valence-electron chi connectivity index (χ3n) is 4.57. The number of aromatic amines is 1. The zero-order chi connectivity index (χ0) is 16.9. The number of urea groups is 1. The summed E-state index contributed by atoms with van der Waals surface area (Å²) in [6.45, 7) is 6.07. The fourth-order valence-corrected chi connectivity index (χ4v) is 2.87. The molecule has 0 atom stereocenters. The number of H-pyrrole nitrogens is 1. The van der Waals surface area contributed by atoms with Gasteiger partial charge >= 0.3 is 6.03 Å². The van der Waals surface area contributed by atoms with Crippen molar-refractivity contribution in [1.29, 1.82) is 0 Å². The van der Waals surface area contributed by atoms with E-state index in [1.807, 2.05) is 23.1 Å². The van der Waals surface area contributed by atoms with E-state index in [4.69, 9.17) is 4.74 Å². The van der Waals surface area contributed by atoms with E-state index < -0.39 is 0 Å². The molecule has 128 valence electrons. The average Bonchev–Trinajstić information content (AvgIpc) is 3.11. The first-order chi connectivity index (χ1) is 11.6. The van der Waals surface area contributed by atoms with Gasteiger partial charge in [-0.2, -0.15) is 5.10 Å². The molecule has 2 N–H and O–H groups in total. The molecule has 1 aliphatic heterocycles. The molecule has 0 aliphatic carbocycles. The second-order valence-corrected chi connectivity index (χ2v) is 6.24. The number of piperidine rings is 1. The van der Waals surface area contributed by atoms with Crippen LogP contribution in [0.15, 0.2) is 30.5 Å². The van der Waals surface area contributed by atoms with Gasteiger partial charge < -0.3 is 15.0 Å². The molecule has 1 aromatic carbocycles. The number of amides is 2. The van der Waals surface area contributed by atoms with Crippen LogP contribution in [-0.2, 0) is 6.54 Å². The number of hydrogen-bond donors (Lipinski definition) is 2. The quantitative estimate of drug-likeness (QED) is 0.906. The van der Waals surface area contributed by atoms with Gasteiger partial charge in [0, 0.05) is 32.1 Å². The van der Waals surface area contributed by atoms with E-state index in [9.17, 15) is 4.79 Å². The Morgan fingerprint density at radius 3 is 2.83 bits per heavy atom. The minimum absolute atomic E-state index is 0.0326. The molecule has 1 fully saturated rings. The first kappa shape index (κ1) is 16.4. The predicted octanol–water partition coefficient (Wildman–Crippen LogP) is 2.78. The van der Waals surface area contributed by atoms with Crippen LogP contribution < -0.4 is 10.1 Å². The average molecular weight is 328 g/mol. The van der Waals surface area contributed by atoms with Gasteiger partial charge in [-0.3, -0.25) is 5.10 Å². The normalized spacial score (nSPS) is 15.3. The highest BCUT2D eigenvalue weighted by Crippen LogP contribution is 2.24. The molecular formula is C18H24N4O2. The highest BCUT2D eigenvalue weighted by molar-refractivity contribution is 5.74. The number of aryl methyl sites for hydroxylation is 1. The van der Waals surface area contributed by atoms with E-state index in [0.717, 1.165) is 24.3 Å².